The van der Waals surface area contributed by atoms with Crippen LogP contribution in [0.4, 0.5) is 4.79 Å². The lowest BCUT2D eigenvalue weighted by atomic mass is 9.47. The Morgan fingerprint density at radius 3 is 2.44 bits per heavy atom. The Hall–Kier alpha value is -2.05. The van der Waals surface area contributed by atoms with Gasteiger partial charge in [-0.1, -0.05) is 19.9 Å². The van der Waals surface area contributed by atoms with Crippen LogP contribution in [0.3, 0.4) is 0 Å². The number of amides is 3. The molecule has 5 aliphatic rings. The van der Waals surface area contributed by atoms with Crippen molar-refractivity contribution in [1.29, 1.82) is 0 Å². The lowest BCUT2D eigenvalue weighted by Gasteiger charge is -2.60. The van der Waals surface area contributed by atoms with Gasteiger partial charge >= 0.3 is 6.09 Å². The molecule has 5 rings (SSSR count). The molecule has 0 unspecified atom stereocenters. The molecule has 7 atom stereocenters. The molecule has 0 spiro atoms. The molecule has 1 saturated heterocycles. The number of piperidine rings is 1. The van der Waals surface area contributed by atoms with Gasteiger partial charge in [0.1, 0.15) is 5.60 Å². The molecule has 4 fully saturated rings. The van der Waals surface area contributed by atoms with E-state index >= 15 is 0 Å². The zero-order valence-corrected chi connectivity index (χ0v) is 25.1. The molecule has 2 aliphatic heterocycles. The Kier molecular flexibility index (Phi) is 7.60. The molecule has 7 nitrogen and oxygen atoms in total. The van der Waals surface area contributed by atoms with Gasteiger partial charge in [-0.3, -0.25) is 9.59 Å². The molecular formula is C32H51N3O4. The first-order valence-corrected chi connectivity index (χ1v) is 15.5. The van der Waals surface area contributed by atoms with Crippen LogP contribution in [0.15, 0.2) is 12.2 Å². The van der Waals surface area contributed by atoms with Gasteiger partial charge in [-0.15, -0.1) is 0 Å². The van der Waals surface area contributed by atoms with Crippen LogP contribution in [0.1, 0.15) is 92.4 Å². The van der Waals surface area contributed by atoms with Gasteiger partial charge < -0.3 is 19.9 Å². The van der Waals surface area contributed by atoms with E-state index < -0.39 is 5.60 Å². The number of fused-ring (bicyclic) bond motifs is 5. The van der Waals surface area contributed by atoms with Gasteiger partial charge in [0, 0.05) is 44.6 Å². The topological polar surface area (TPSA) is 79.0 Å². The monoisotopic (exact) mass is 541 g/mol. The second-order valence-electron chi connectivity index (χ2n) is 14.9. The lowest BCUT2D eigenvalue weighted by Crippen LogP contribution is -2.59. The highest BCUT2D eigenvalue weighted by atomic mass is 16.6. The van der Waals surface area contributed by atoms with E-state index in [9.17, 15) is 14.4 Å². The first kappa shape index (κ1) is 28.5. The summed E-state index contributed by atoms with van der Waals surface area (Å²) in [6, 6.07) is 0.319. The number of nitrogens with zero attached hydrogens (tertiary/aromatic N) is 2. The van der Waals surface area contributed by atoms with Crippen LogP contribution in [0.5, 0.6) is 0 Å². The summed E-state index contributed by atoms with van der Waals surface area (Å²) in [5, 5.41) is 3.26. The van der Waals surface area contributed by atoms with E-state index in [1.807, 2.05) is 38.8 Å². The minimum absolute atomic E-state index is 0.0709. The van der Waals surface area contributed by atoms with E-state index in [0.717, 1.165) is 25.7 Å². The summed E-state index contributed by atoms with van der Waals surface area (Å²) >= 11 is 0. The molecule has 1 N–H and O–H groups in total. The van der Waals surface area contributed by atoms with Crippen molar-refractivity contribution in [1.82, 2.24) is 15.1 Å². The summed E-state index contributed by atoms with van der Waals surface area (Å²) in [5.41, 5.74) is -0.166. The van der Waals surface area contributed by atoms with Gasteiger partial charge in [-0.25, -0.2) is 4.79 Å². The van der Waals surface area contributed by atoms with Crippen molar-refractivity contribution in [3.8, 4) is 0 Å². The SMILES string of the molecule is CN1C(=O)C=C[C@]2(C)[C@H]3CC[C@]4(C)[C@@H](CC(=O)NCC5CCN(C(=O)OC(C)(C)C)CC5)CC[C@H]4[C@@H]3CC[C@@H]12. The third-order valence-corrected chi connectivity index (χ3v) is 11.6. The first-order valence-electron chi connectivity index (χ1n) is 15.5. The maximum atomic E-state index is 13.1. The van der Waals surface area contributed by atoms with Gasteiger partial charge in [-0.05, 0) is 113 Å². The van der Waals surface area contributed by atoms with Gasteiger partial charge in [0.25, 0.3) is 0 Å². The van der Waals surface area contributed by atoms with Crippen LogP contribution >= 0.6 is 0 Å². The fourth-order valence-corrected chi connectivity index (χ4v) is 9.38. The second kappa shape index (κ2) is 10.4. The predicted molar refractivity (Wildman–Crippen MR) is 152 cm³/mol. The fraction of sp³-hybridized carbons (Fsp3) is 0.844. The van der Waals surface area contributed by atoms with Crippen molar-refractivity contribution < 1.29 is 19.1 Å². The number of hydrogen-bond donors (Lipinski definition) is 1. The number of carbonyl (C=O) groups excluding carboxylic acids is 3. The summed E-state index contributed by atoms with van der Waals surface area (Å²) < 4.78 is 5.51. The maximum absolute atomic E-state index is 13.1. The summed E-state index contributed by atoms with van der Waals surface area (Å²) in [6.45, 7) is 12.7. The number of likely N-dealkylation sites (tertiary alicyclic amines) is 1. The quantitative estimate of drug-likeness (QED) is 0.517. The predicted octanol–water partition coefficient (Wildman–Crippen LogP) is 5.40. The van der Waals surface area contributed by atoms with E-state index in [2.05, 4.69) is 25.2 Å². The smallest absolute Gasteiger partial charge is 0.410 e. The van der Waals surface area contributed by atoms with Crippen LogP contribution in [-0.4, -0.2) is 66.0 Å². The summed E-state index contributed by atoms with van der Waals surface area (Å²) in [7, 11) is 1.98. The number of likely N-dealkylation sites (N-methyl/N-ethyl adjacent to an activating group) is 1. The Bertz CT molecular complexity index is 996. The standard InChI is InChI=1S/C32H51N3O4/c1-30(2,3)39-29(38)35-17-13-21(14-18-35)20-33-27(36)19-22-7-9-24-23-8-10-26-32(5,16-12-28(37)34(26)6)25(23)11-15-31(22,24)4/h12,16,21-26H,7-11,13-15,17-20H2,1-6H3,(H,33,36)/t22-,23+,24+,25+,26-,31-,32-/m1/s1. The van der Waals surface area contributed by atoms with Crippen LogP contribution in [0.2, 0.25) is 0 Å². The molecule has 3 aliphatic carbocycles. The van der Waals surface area contributed by atoms with Crippen molar-refractivity contribution in [2.24, 2.45) is 40.4 Å². The number of rotatable bonds is 4. The molecule has 0 aromatic rings. The molecule has 7 heteroatoms. The molecule has 3 saturated carbocycles. The summed E-state index contributed by atoms with van der Waals surface area (Å²) in [4.78, 5) is 41.6. The highest BCUT2D eigenvalue weighted by Gasteiger charge is 2.60. The number of nitrogens with one attached hydrogen (secondary N) is 1. The van der Waals surface area contributed by atoms with Gasteiger partial charge in [0.05, 0.1) is 0 Å². The van der Waals surface area contributed by atoms with Crippen molar-refractivity contribution in [3.05, 3.63) is 12.2 Å². The Morgan fingerprint density at radius 1 is 1.03 bits per heavy atom. The number of carbonyl (C=O) groups is 3. The van der Waals surface area contributed by atoms with E-state index in [1.54, 1.807) is 4.90 Å². The maximum Gasteiger partial charge on any atom is 0.410 e. The van der Waals surface area contributed by atoms with Crippen molar-refractivity contribution in [2.75, 3.05) is 26.7 Å². The van der Waals surface area contributed by atoms with E-state index in [1.165, 1.54) is 25.7 Å². The Morgan fingerprint density at radius 2 is 1.74 bits per heavy atom. The van der Waals surface area contributed by atoms with Crippen LogP contribution in [0, 0.1) is 40.4 Å². The largest absolute Gasteiger partial charge is 0.444 e. The van der Waals surface area contributed by atoms with Gasteiger partial charge in [0.15, 0.2) is 0 Å². The van der Waals surface area contributed by atoms with Gasteiger partial charge in [-0.2, -0.15) is 0 Å². The highest BCUT2D eigenvalue weighted by molar-refractivity contribution is 5.89. The zero-order chi connectivity index (χ0) is 28.2. The highest BCUT2D eigenvalue weighted by Crippen LogP contribution is 2.65. The average molecular weight is 542 g/mol. The Balaban J connectivity index is 1.12. The van der Waals surface area contributed by atoms with Crippen molar-refractivity contribution >= 4 is 17.9 Å². The minimum Gasteiger partial charge on any atom is -0.444 e. The van der Waals surface area contributed by atoms with Crippen LogP contribution in [0.25, 0.3) is 0 Å². The van der Waals surface area contributed by atoms with Crippen molar-refractivity contribution in [3.63, 3.8) is 0 Å². The fourth-order valence-electron chi connectivity index (χ4n) is 9.38. The number of hydrogen-bond acceptors (Lipinski definition) is 4. The lowest BCUT2D eigenvalue weighted by molar-refractivity contribution is -0.139. The number of ether oxygens (including phenoxy) is 1. The summed E-state index contributed by atoms with van der Waals surface area (Å²) in [5.74, 6) is 3.22. The molecular weight excluding hydrogens is 490 g/mol. The Labute approximate surface area is 235 Å². The third-order valence-electron chi connectivity index (χ3n) is 11.6. The molecule has 0 radical (unpaired) electrons. The van der Waals surface area contributed by atoms with Crippen LogP contribution < -0.4 is 5.32 Å². The molecule has 2 heterocycles. The molecule has 0 aromatic carbocycles. The first-order chi connectivity index (χ1) is 18.3. The summed E-state index contributed by atoms with van der Waals surface area (Å²) in [6.07, 6.45) is 13.3. The van der Waals surface area contributed by atoms with E-state index in [4.69, 9.17) is 4.74 Å². The molecule has 218 valence electrons. The van der Waals surface area contributed by atoms with E-state index in [-0.39, 0.29) is 28.7 Å². The molecule has 0 aromatic heterocycles. The minimum atomic E-state index is -0.474. The van der Waals surface area contributed by atoms with Gasteiger partial charge in [0.2, 0.25) is 11.8 Å². The van der Waals surface area contributed by atoms with Crippen LogP contribution in [-0.2, 0) is 14.3 Å². The average Bonchev–Trinajstić information content (AvgIpc) is 3.20. The second-order valence-corrected chi connectivity index (χ2v) is 14.9. The molecule has 0 bridgehead atoms. The van der Waals surface area contributed by atoms with E-state index in [0.29, 0.717) is 61.7 Å². The third kappa shape index (κ3) is 5.36. The zero-order valence-electron chi connectivity index (χ0n) is 25.1. The molecule has 39 heavy (non-hydrogen) atoms. The normalized spacial score (nSPS) is 38.6. The van der Waals surface area contributed by atoms with Crippen molar-refractivity contribution in [2.45, 2.75) is 104 Å². The molecule has 3 amide bonds.